The van der Waals surface area contributed by atoms with Gasteiger partial charge in [0.05, 0.1) is 0 Å². The van der Waals surface area contributed by atoms with Crippen molar-refractivity contribution >= 4 is 23.2 Å². The van der Waals surface area contributed by atoms with Gasteiger partial charge in [0.25, 0.3) is 5.91 Å². The maximum atomic E-state index is 12.7. The summed E-state index contributed by atoms with van der Waals surface area (Å²) in [5, 5.41) is 3.62. The van der Waals surface area contributed by atoms with Crippen molar-refractivity contribution in [2.75, 3.05) is 32.6 Å². The van der Waals surface area contributed by atoms with Gasteiger partial charge in [-0.25, -0.2) is 0 Å². The van der Waals surface area contributed by atoms with Gasteiger partial charge in [-0.15, -0.1) is 0 Å². The second-order valence-electron chi connectivity index (χ2n) is 7.51. The van der Waals surface area contributed by atoms with Crippen molar-refractivity contribution in [1.82, 2.24) is 4.90 Å². The van der Waals surface area contributed by atoms with Crippen LogP contribution in [0.25, 0.3) is 11.1 Å². The number of benzene rings is 3. The molecular formula is C24H23ClN2O3. The number of fused-ring (bicyclic) bond motifs is 1. The summed E-state index contributed by atoms with van der Waals surface area (Å²) in [6.07, 6.45) is -0.0427. The fourth-order valence-electron chi connectivity index (χ4n) is 3.35. The summed E-state index contributed by atoms with van der Waals surface area (Å²) in [6, 6.07) is 20.5. The van der Waals surface area contributed by atoms with Gasteiger partial charge in [-0.05, 0) is 61.6 Å². The minimum Gasteiger partial charge on any atom is -0.486 e. The first-order chi connectivity index (χ1) is 14.5. The summed E-state index contributed by atoms with van der Waals surface area (Å²) in [5.41, 5.74) is 3.31. The van der Waals surface area contributed by atoms with E-state index in [1.807, 2.05) is 74.8 Å². The summed E-state index contributed by atoms with van der Waals surface area (Å²) >= 11 is 5.95. The molecule has 30 heavy (non-hydrogen) atoms. The number of rotatable bonds is 5. The molecule has 1 N–H and O–H groups in total. The van der Waals surface area contributed by atoms with Crippen LogP contribution in [0.5, 0.6) is 11.5 Å². The first kappa shape index (κ1) is 20.3. The van der Waals surface area contributed by atoms with E-state index < -0.39 is 0 Å². The molecule has 1 atom stereocenters. The molecule has 0 spiro atoms. The van der Waals surface area contributed by atoms with Gasteiger partial charge < -0.3 is 19.7 Å². The van der Waals surface area contributed by atoms with E-state index in [0.717, 1.165) is 17.7 Å². The van der Waals surface area contributed by atoms with Gasteiger partial charge in [0.1, 0.15) is 12.7 Å². The Kier molecular flexibility index (Phi) is 5.93. The molecule has 0 aliphatic carbocycles. The van der Waals surface area contributed by atoms with Crippen LogP contribution in [0, 0.1) is 0 Å². The van der Waals surface area contributed by atoms with E-state index in [9.17, 15) is 4.79 Å². The summed E-state index contributed by atoms with van der Waals surface area (Å²) < 4.78 is 11.8. The average Bonchev–Trinajstić information content (AvgIpc) is 2.74. The molecule has 154 valence electrons. The molecule has 0 saturated heterocycles. The van der Waals surface area contributed by atoms with E-state index >= 15 is 0 Å². The molecule has 0 fully saturated rings. The Morgan fingerprint density at radius 1 is 1.00 bits per heavy atom. The quantitative estimate of drug-likeness (QED) is 0.631. The van der Waals surface area contributed by atoms with Crippen LogP contribution in [-0.4, -0.2) is 44.2 Å². The van der Waals surface area contributed by atoms with Gasteiger partial charge in [0.15, 0.2) is 11.5 Å². The maximum Gasteiger partial charge on any atom is 0.255 e. The van der Waals surface area contributed by atoms with Crippen molar-refractivity contribution in [3.63, 3.8) is 0 Å². The zero-order valence-corrected chi connectivity index (χ0v) is 17.6. The lowest BCUT2D eigenvalue weighted by atomic mass is 10.0. The first-order valence-electron chi connectivity index (χ1n) is 9.73. The number of amides is 1. The van der Waals surface area contributed by atoms with E-state index in [0.29, 0.717) is 34.4 Å². The summed E-state index contributed by atoms with van der Waals surface area (Å²) in [4.78, 5) is 14.7. The molecule has 1 aliphatic heterocycles. The molecule has 3 aromatic rings. The molecule has 4 rings (SSSR count). The second kappa shape index (κ2) is 8.78. The number of halogens is 1. The number of carbonyl (C=O) groups excluding carboxylic acids is 1. The Morgan fingerprint density at radius 3 is 2.33 bits per heavy atom. The monoisotopic (exact) mass is 422 g/mol. The van der Waals surface area contributed by atoms with Gasteiger partial charge in [-0.1, -0.05) is 35.9 Å². The SMILES string of the molecule is CN(C)CC1COc2ccc(NC(=O)c3ccc(-c4ccc(Cl)cc4)cc3)cc2O1. The molecule has 0 radical (unpaired) electrons. The standard InChI is InChI=1S/C24H23ClN2O3/c1-27(2)14-21-15-29-22-12-11-20(13-23(22)30-21)26-24(28)18-5-3-16(4-6-18)17-7-9-19(25)10-8-17/h3-13,21H,14-15H2,1-2H3,(H,26,28). The molecule has 1 heterocycles. The first-order valence-corrected chi connectivity index (χ1v) is 10.1. The lowest BCUT2D eigenvalue weighted by molar-refractivity contribution is 0.0711. The van der Waals surface area contributed by atoms with Crippen LogP contribution in [0.2, 0.25) is 5.02 Å². The molecule has 1 amide bonds. The molecular weight excluding hydrogens is 400 g/mol. The van der Waals surface area contributed by atoms with E-state index in [-0.39, 0.29) is 12.0 Å². The van der Waals surface area contributed by atoms with E-state index in [4.69, 9.17) is 21.1 Å². The van der Waals surface area contributed by atoms with Crippen LogP contribution in [0.1, 0.15) is 10.4 Å². The number of carbonyl (C=O) groups is 1. The fourth-order valence-corrected chi connectivity index (χ4v) is 3.48. The number of nitrogens with zero attached hydrogens (tertiary/aromatic N) is 1. The Balaban J connectivity index is 1.44. The third-order valence-electron chi connectivity index (χ3n) is 4.81. The lowest BCUT2D eigenvalue weighted by Gasteiger charge is -2.28. The smallest absolute Gasteiger partial charge is 0.255 e. The minimum absolute atomic E-state index is 0.0427. The molecule has 0 aromatic heterocycles. The predicted molar refractivity (Wildman–Crippen MR) is 120 cm³/mol. The number of hydrogen-bond acceptors (Lipinski definition) is 4. The van der Waals surface area contributed by atoms with E-state index in [1.54, 1.807) is 6.07 Å². The third-order valence-corrected chi connectivity index (χ3v) is 5.07. The molecule has 1 unspecified atom stereocenters. The van der Waals surface area contributed by atoms with Crippen LogP contribution in [0.3, 0.4) is 0 Å². The molecule has 6 heteroatoms. The fraction of sp³-hybridized carbons (Fsp3) is 0.208. The van der Waals surface area contributed by atoms with Crippen molar-refractivity contribution in [3.05, 3.63) is 77.3 Å². The highest BCUT2D eigenvalue weighted by Gasteiger charge is 2.22. The van der Waals surface area contributed by atoms with Gasteiger partial charge in [-0.2, -0.15) is 0 Å². The highest BCUT2D eigenvalue weighted by molar-refractivity contribution is 6.30. The maximum absolute atomic E-state index is 12.7. The summed E-state index contributed by atoms with van der Waals surface area (Å²) in [5.74, 6) is 1.15. The van der Waals surface area contributed by atoms with Crippen molar-refractivity contribution in [1.29, 1.82) is 0 Å². The average molecular weight is 423 g/mol. The Bertz CT molecular complexity index is 1030. The molecule has 3 aromatic carbocycles. The number of nitrogens with one attached hydrogen (secondary N) is 1. The number of hydrogen-bond donors (Lipinski definition) is 1. The van der Waals surface area contributed by atoms with Crippen molar-refractivity contribution in [3.8, 4) is 22.6 Å². The zero-order chi connectivity index (χ0) is 21.1. The molecule has 1 aliphatic rings. The van der Waals surface area contributed by atoms with E-state index in [1.165, 1.54) is 0 Å². The van der Waals surface area contributed by atoms with Crippen LogP contribution >= 0.6 is 11.6 Å². The van der Waals surface area contributed by atoms with Crippen LogP contribution in [0.4, 0.5) is 5.69 Å². The predicted octanol–water partition coefficient (Wildman–Crippen LogP) is 4.96. The minimum atomic E-state index is -0.181. The zero-order valence-electron chi connectivity index (χ0n) is 16.9. The summed E-state index contributed by atoms with van der Waals surface area (Å²) in [7, 11) is 3.99. The Morgan fingerprint density at radius 2 is 1.67 bits per heavy atom. The normalized spacial score (nSPS) is 15.1. The lowest BCUT2D eigenvalue weighted by Crippen LogP contribution is -2.38. The topological polar surface area (TPSA) is 50.8 Å². The van der Waals surface area contributed by atoms with Crippen LogP contribution in [-0.2, 0) is 0 Å². The van der Waals surface area contributed by atoms with Gasteiger partial charge in [-0.3, -0.25) is 4.79 Å². The highest BCUT2D eigenvalue weighted by atomic mass is 35.5. The van der Waals surface area contributed by atoms with Crippen LogP contribution < -0.4 is 14.8 Å². The van der Waals surface area contributed by atoms with Gasteiger partial charge in [0, 0.05) is 28.9 Å². The third kappa shape index (κ3) is 4.75. The Hall–Kier alpha value is -3.02. The number of likely N-dealkylation sites (N-methyl/N-ethyl adjacent to an activating group) is 1. The number of ether oxygens (including phenoxy) is 2. The van der Waals surface area contributed by atoms with Gasteiger partial charge in [0.2, 0.25) is 0 Å². The highest BCUT2D eigenvalue weighted by Crippen LogP contribution is 2.34. The molecule has 0 bridgehead atoms. The molecule has 0 saturated carbocycles. The van der Waals surface area contributed by atoms with Crippen LogP contribution in [0.15, 0.2) is 66.7 Å². The van der Waals surface area contributed by atoms with Crippen molar-refractivity contribution in [2.24, 2.45) is 0 Å². The van der Waals surface area contributed by atoms with Gasteiger partial charge >= 0.3 is 0 Å². The summed E-state index contributed by atoms with van der Waals surface area (Å²) in [6.45, 7) is 1.27. The Labute approximate surface area is 181 Å². The van der Waals surface area contributed by atoms with E-state index in [2.05, 4.69) is 10.2 Å². The molecule has 5 nitrogen and oxygen atoms in total. The van der Waals surface area contributed by atoms with Crippen molar-refractivity contribution in [2.45, 2.75) is 6.10 Å². The van der Waals surface area contributed by atoms with Crippen molar-refractivity contribution < 1.29 is 14.3 Å². The second-order valence-corrected chi connectivity index (χ2v) is 7.95. The number of anilines is 1. The largest absolute Gasteiger partial charge is 0.486 e.